The van der Waals surface area contributed by atoms with Crippen LogP contribution < -0.4 is 5.32 Å². The van der Waals surface area contributed by atoms with Gasteiger partial charge in [0.2, 0.25) is 5.91 Å². The summed E-state index contributed by atoms with van der Waals surface area (Å²) in [7, 11) is 0. The molecular weight excluding hydrogens is 226 g/mol. The average Bonchev–Trinajstić information content (AvgIpc) is 2.35. The van der Waals surface area contributed by atoms with Gasteiger partial charge in [0.1, 0.15) is 0 Å². The molecule has 0 bridgehead atoms. The van der Waals surface area contributed by atoms with E-state index in [1.54, 1.807) is 0 Å². The summed E-state index contributed by atoms with van der Waals surface area (Å²) in [4.78, 5) is 14.0. The Labute approximate surface area is 110 Å². The summed E-state index contributed by atoms with van der Waals surface area (Å²) in [5.41, 5.74) is 0. The number of rotatable bonds is 5. The standard InChI is InChI=1S/C14H25N3O/c1-4-17(10-14(18)16-11(2)3)13-8-6-5-7-12(13)9-15/h11-13H,4-8,10H2,1-3H3,(H,16,18). The van der Waals surface area contributed by atoms with Gasteiger partial charge in [0, 0.05) is 12.1 Å². The van der Waals surface area contributed by atoms with E-state index >= 15 is 0 Å². The third-order valence-electron chi connectivity index (χ3n) is 3.57. The van der Waals surface area contributed by atoms with Crippen LogP contribution in [-0.4, -0.2) is 36.0 Å². The molecule has 1 amide bonds. The van der Waals surface area contributed by atoms with E-state index in [0.29, 0.717) is 6.54 Å². The molecule has 102 valence electrons. The van der Waals surface area contributed by atoms with Gasteiger partial charge in [0.05, 0.1) is 18.5 Å². The topological polar surface area (TPSA) is 56.1 Å². The van der Waals surface area contributed by atoms with Gasteiger partial charge in [0.25, 0.3) is 0 Å². The second-order valence-corrected chi connectivity index (χ2v) is 5.37. The Kier molecular flexibility index (Phi) is 6.14. The van der Waals surface area contributed by atoms with E-state index in [1.165, 1.54) is 6.42 Å². The number of nitrogens with one attached hydrogen (secondary N) is 1. The van der Waals surface area contributed by atoms with E-state index < -0.39 is 0 Å². The number of amides is 1. The quantitative estimate of drug-likeness (QED) is 0.812. The van der Waals surface area contributed by atoms with Crippen LogP contribution in [0.1, 0.15) is 46.5 Å². The van der Waals surface area contributed by atoms with Crippen LogP contribution in [-0.2, 0) is 4.79 Å². The summed E-state index contributed by atoms with van der Waals surface area (Å²) in [5, 5.41) is 12.1. The molecule has 1 rings (SSSR count). The predicted octanol–water partition coefficient (Wildman–Crippen LogP) is 1.92. The molecule has 0 spiro atoms. The molecule has 0 aromatic heterocycles. The molecule has 1 fully saturated rings. The van der Waals surface area contributed by atoms with Crippen molar-refractivity contribution >= 4 is 5.91 Å². The first kappa shape index (κ1) is 15.0. The smallest absolute Gasteiger partial charge is 0.234 e. The van der Waals surface area contributed by atoms with Crippen LogP contribution in [0, 0.1) is 17.2 Å². The van der Waals surface area contributed by atoms with Crippen LogP contribution in [0.25, 0.3) is 0 Å². The molecule has 0 aromatic carbocycles. The van der Waals surface area contributed by atoms with Gasteiger partial charge < -0.3 is 5.32 Å². The van der Waals surface area contributed by atoms with E-state index in [1.807, 2.05) is 13.8 Å². The molecule has 0 radical (unpaired) electrons. The van der Waals surface area contributed by atoms with Gasteiger partial charge in [-0.25, -0.2) is 0 Å². The lowest BCUT2D eigenvalue weighted by molar-refractivity contribution is -0.123. The minimum absolute atomic E-state index is 0.0640. The summed E-state index contributed by atoms with van der Waals surface area (Å²) in [5.74, 6) is 0.152. The van der Waals surface area contributed by atoms with Crippen molar-refractivity contribution in [3.8, 4) is 6.07 Å². The lowest BCUT2D eigenvalue weighted by Gasteiger charge is -2.36. The molecule has 2 unspecified atom stereocenters. The summed E-state index contributed by atoms with van der Waals surface area (Å²) >= 11 is 0. The van der Waals surface area contributed by atoms with Gasteiger partial charge in [-0.2, -0.15) is 5.26 Å². The summed E-state index contributed by atoms with van der Waals surface area (Å²) in [6, 6.07) is 2.84. The first-order valence-corrected chi connectivity index (χ1v) is 7.01. The first-order chi connectivity index (χ1) is 8.58. The van der Waals surface area contributed by atoms with E-state index in [-0.39, 0.29) is 23.9 Å². The first-order valence-electron chi connectivity index (χ1n) is 7.01. The van der Waals surface area contributed by atoms with Crippen LogP contribution >= 0.6 is 0 Å². The van der Waals surface area contributed by atoms with E-state index in [2.05, 4.69) is 23.2 Å². The SMILES string of the molecule is CCN(CC(=O)NC(C)C)C1CCCCC1C#N. The molecular formula is C14H25N3O. The number of carbonyl (C=O) groups excluding carboxylic acids is 1. The molecule has 0 heterocycles. The number of nitrogens with zero attached hydrogens (tertiary/aromatic N) is 2. The summed E-state index contributed by atoms with van der Waals surface area (Å²) < 4.78 is 0. The normalized spacial score (nSPS) is 24.0. The third-order valence-corrected chi connectivity index (χ3v) is 3.57. The highest BCUT2D eigenvalue weighted by molar-refractivity contribution is 5.78. The number of hydrogen-bond acceptors (Lipinski definition) is 3. The Morgan fingerprint density at radius 3 is 2.67 bits per heavy atom. The van der Waals surface area contributed by atoms with Crippen molar-refractivity contribution in [1.29, 1.82) is 5.26 Å². The molecule has 4 heteroatoms. The van der Waals surface area contributed by atoms with E-state index in [4.69, 9.17) is 0 Å². The molecule has 0 aromatic rings. The Bertz CT molecular complexity index is 309. The van der Waals surface area contributed by atoms with Crippen LogP contribution in [0.3, 0.4) is 0 Å². The molecule has 1 aliphatic carbocycles. The van der Waals surface area contributed by atoms with Crippen molar-refractivity contribution in [2.45, 2.75) is 58.5 Å². The lowest BCUT2D eigenvalue weighted by atomic mass is 9.84. The highest BCUT2D eigenvalue weighted by Crippen LogP contribution is 2.27. The van der Waals surface area contributed by atoms with Gasteiger partial charge in [-0.3, -0.25) is 9.69 Å². The minimum atomic E-state index is 0.0640. The van der Waals surface area contributed by atoms with Crippen molar-refractivity contribution in [2.75, 3.05) is 13.1 Å². The maximum absolute atomic E-state index is 11.8. The zero-order valence-corrected chi connectivity index (χ0v) is 11.8. The van der Waals surface area contributed by atoms with Crippen LogP contribution in [0.15, 0.2) is 0 Å². The van der Waals surface area contributed by atoms with Crippen molar-refractivity contribution in [3.05, 3.63) is 0 Å². The molecule has 0 saturated heterocycles. The minimum Gasteiger partial charge on any atom is -0.353 e. The Morgan fingerprint density at radius 1 is 1.44 bits per heavy atom. The number of nitriles is 1. The highest BCUT2D eigenvalue weighted by Gasteiger charge is 2.30. The Hall–Kier alpha value is -1.08. The fraction of sp³-hybridized carbons (Fsp3) is 0.857. The second kappa shape index (κ2) is 7.38. The summed E-state index contributed by atoms with van der Waals surface area (Å²) in [6.45, 7) is 7.23. The fourth-order valence-corrected chi connectivity index (χ4v) is 2.71. The molecule has 0 aliphatic heterocycles. The third kappa shape index (κ3) is 4.30. The highest BCUT2D eigenvalue weighted by atomic mass is 16.2. The number of likely N-dealkylation sites (N-methyl/N-ethyl adjacent to an activating group) is 1. The lowest BCUT2D eigenvalue weighted by Crippen LogP contribution is -2.47. The van der Waals surface area contributed by atoms with Gasteiger partial charge in [-0.15, -0.1) is 0 Å². The molecule has 1 saturated carbocycles. The molecule has 1 N–H and O–H groups in total. The zero-order chi connectivity index (χ0) is 13.5. The van der Waals surface area contributed by atoms with Gasteiger partial charge in [0.15, 0.2) is 0 Å². The Balaban J connectivity index is 2.58. The summed E-state index contributed by atoms with van der Waals surface area (Å²) in [6.07, 6.45) is 4.33. The second-order valence-electron chi connectivity index (χ2n) is 5.37. The molecule has 18 heavy (non-hydrogen) atoms. The van der Waals surface area contributed by atoms with Gasteiger partial charge in [-0.1, -0.05) is 19.8 Å². The predicted molar refractivity (Wildman–Crippen MR) is 71.9 cm³/mol. The maximum Gasteiger partial charge on any atom is 0.234 e. The number of carbonyl (C=O) groups is 1. The van der Waals surface area contributed by atoms with Crippen molar-refractivity contribution in [2.24, 2.45) is 5.92 Å². The van der Waals surface area contributed by atoms with Crippen molar-refractivity contribution < 1.29 is 4.79 Å². The van der Waals surface area contributed by atoms with Crippen molar-refractivity contribution in [3.63, 3.8) is 0 Å². The average molecular weight is 251 g/mol. The van der Waals surface area contributed by atoms with Crippen LogP contribution in [0.5, 0.6) is 0 Å². The van der Waals surface area contributed by atoms with Gasteiger partial charge in [-0.05, 0) is 33.2 Å². The molecule has 2 atom stereocenters. The number of hydrogen-bond donors (Lipinski definition) is 1. The van der Waals surface area contributed by atoms with Gasteiger partial charge >= 0.3 is 0 Å². The van der Waals surface area contributed by atoms with Crippen LogP contribution in [0.2, 0.25) is 0 Å². The van der Waals surface area contributed by atoms with E-state index in [9.17, 15) is 10.1 Å². The Morgan fingerprint density at radius 2 is 2.11 bits per heavy atom. The molecule has 1 aliphatic rings. The zero-order valence-electron chi connectivity index (χ0n) is 11.8. The fourth-order valence-electron chi connectivity index (χ4n) is 2.71. The largest absolute Gasteiger partial charge is 0.353 e. The molecule has 4 nitrogen and oxygen atoms in total. The van der Waals surface area contributed by atoms with Crippen LogP contribution in [0.4, 0.5) is 0 Å². The maximum atomic E-state index is 11.8. The van der Waals surface area contributed by atoms with E-state index in [0.717, 1.165) is 25.8 Å². The van der Waals surface area contributed by atoms with Crippen molar-refractivity contribution in [1.82, 2.24) is 10.2 Å². The monoisotopic (exact) mass is 251 g/mol.